The summed E-state index contributed by atoms with van der Waals surface area (Å²) in [6, 6.07) is 9.46. The summed E-state index contributed by atoms with van der Waals surface area (Å²) >= 11 is 1.39. The second-order valence-electron chi connectivity index (χ2n) is 5.39. The molecule has 0 saturated heterocycles. The normalized spacial score (nSPS) is 12.1. The van der Waals surface area contributed by atoms with Crippen LogP contribution >= 0.6 is 11.3 Å². The van der Waals surface area contributed by atoms with Crippen LogP contribution < -0.4 is 5.32 Å². The van der Waals surface area contributed by atoms with Gasteiger partial charge in [0.05, 0.1) is 11.5 Å². The lowest BCUT2D eigenvalue weighted by molar-refractivity contribution is 0.103. The molecule has 3 heterocycles. The molecule has 1 unspecified atom stereocenters. The van der Waals surface area contributed by atoms with Crippen LogP contribution in [0.5, 0.6) is 0 Å². The largest absolute Gasteiger partial charge is 0.380 e. The maximum Gasteiger partial charge on any atom is 0.266 e. The van der Waals surface area contributed by atoms with Gasteiger partial charge in [0.2, 0.25) is 0 Å². The van der Waals surface area contributed by atoms with Crippen LogP contribution in [-0.4, -0.2) is 28.2 Å². The van der Waals surface area contributed by atoms with Gasteiger partial charge in [-0.15, -0.1) is 11.3 Å². The van der Waals surface area contributed by atoms with Crippen LogP contribution in [0.15, 0.2) is 41.9 Å². The maximum atomic E-state index is 12.3. The summed E-state index contributed by atoms with van der Waals surface area (Å²) < 4.78 is 5.06. The number of carbonyl (C=O) groups excluding carboxylic acids is 1. The van der Waals surface area contributed by atoms with Crippen molar-refractivity contribution in [2.24, 2.45) is 0 Å². The summed E-state index contributed by atoms with van der Waals surface area (Å²) in [4.78, 5) is 17.2. The van der Waals surface area contributed by atoms with E-state index in [4.69, 9.17) is 4.74 Å². The zero-order chi connectivity index (χ0) is 16.9. The molecule has 0 fully saturated rings. The molecule has 1 atom stereocenters. The van der Waals surface area contributed by atoms with E-state index >= 15 is 0 Å². The van der Waals surface area contributed by atoms with Gasteiger partial charge in [-0.1, -0.05) is 13.0 Å². The molecular formula is C17H18N4O2S. The van der Waals surface area contributed by atoms with Gasteiger partial charge in [-0.25, -0.2) is 0 Å². The highest BCUT2D eigenvalue weighted by Gasteiger charge is 2.15. The van der Waals surface area contributed by atoms with Gasteiger partial charge < -0.3 is 10.1 Å². The summed E-state index contributed by atoms with van der Waals surface area (Å²) in [5, 5.41) is 11.9. The predicted molar refractivity (Wildman–Crippen MR) is 93.3 cm³/mol. The SMILES string of the molecule is COCc1csc(C(=O)Nc2cc(C(C)c3ccccn3)[nH]n2)c1. The van der Waals surface area contributed by atoms with Crippen molar-refractivity contribution in [2.75, 3.05) is 12.4 Å². The lowest BCUT2D eigenvalue weighted by atomic mass is 10.0. The molecule has 7 heteroatoms. The molecule has 1 amide bonds. The van der Waals surface area contributed by atoms with E-state index < -0.39 is 0 Å². The third-order valence-electron chi connectivity index (χ3n) is 3.63. The van der Waals surface area contributed by atoms with Crippen LogP contribution in [0.25, 0.3) is 0 Å². The lowest BCUT2D eigenvalue weighted by Gasteiger charge is -2.07. The molecule has 0 aromatic carbocycles. The minimum Gasteiger partial charge on any atom is -0.380 e. The van der Waals surface area contributed by atoms with E-state index in [9.17, 15) is 4.79 Å². The first-order chi connectivity index (χ1) is 11.7. The lowest BCUT2D eigenvalue weighted by Crippen LogP contribution is -2.10. The molecule has 0 aliphatic carbocycles. The zero-order valence-corrected chi connectivity index (χ0v) is 14.3. The number of carbonyl (C=O) groups is 1. The molecule has 3 aromatic rings. The van der Waals surface area contributed by atoms with Crippen molar-refractivity contribution < 1.29 is 9.53 Å². The summed E-state index contributed by atoms with van der Waals surface area (Å²) in [5.41, 5.74) is 2.83. The average molecular weight is 342 g/mol. The second-order valence-corrected chi connectivity index (χ2v) is 6.30. The molecule has 0 aliphatic heterocycles. The number of pyridine rings is 1. The van der Waals surface area contributed by atoms with E-state index in [-0.39, 0.29) is 11.8 Å². The van der Waals surface area contributed by atoms with Crippen LogP contribution in [0.2, 0.25) is 0 Å². The Morgan fingerprint density at radius 3 is 3.04 bits per heavy atom. The van der Waals surface area contributed by atoms with Gasteiger partial charge in [-0.3, -0.25) is 14.9 Å². The first kappa shape index (κ1) is 16.4. The van der Waals surface area contributed by atoms with Gasteiger partial charge in [0, 0.05) is 36.7 Å². The van der Waals surface area contributed by atoms with Crippen LogP contribution in [0.1, 0.15) is 39.5 Å². The van der Waals surface area contributed by atoms with E-state index in [1.165, 1.54) is 11.3 Å². The highest BCUT2D eigenvalue weighted by Crippen LogP contribution is 2.23. The number of thiophene rings is 1. The molecule has 2 N–H and O–H groups in total. The molecular weight excluding hydrogens is 324 g/mol. The Morgan fingerprint density at radius 1 is 1.42 bits per heavy atom. The Kier molecular flexibility index (Phi) is 5.02. The number of methoxy groups -OCH3 is 1. The molecule has 3 aromatic heterocycles. The minimum atomic E-state index is -0.175. The van der Waals surface area contributed by atoms with Crippen LogP contribution in [0, 0.1) is 0 Å². The molecule has 24 heavy (non-hydrogen) atoms. The third-order valence-corrected chi connectivity index (χ3v) is 4.60. The van der Waals surface area contributed by atoms with Crippen molar-refractivity contribution in [1.82, 2.24) is 15.2 Å². The van der Waals surface area contributed by atoms with Crippen LogP contribution in [0.4, 0.5) is 5.82 Å². The average Bonchev–Trinajstić information content (AvgIpc) is 3.25. The number of ether oxygens (including phenoxy) is 1. The number of aromatic nitrogens is 3. The molecule has 0 saturated carbocycles. The van der Waals surface area contributed by atoms with Crippen LogP contribution in [-0.2, 0) is 11.3 Å². The molecule has 0 bridgehead atoms. The first-order valence-corrected chi connectivity index (χ1v) is 8.39. The summed E-state index contributed by atoms with van der Waals surface area (Å²) in [6.07, 6.45) is 1.76. The summed E-state index contributed by atoms with van der Waals surface area (Å²) in [5.74, 6) is 0.393. The number of anilines is 1. The molecule has 3 rings (SSSR count). The maximum absolute atomic E-state index is 12.3. The van der Waals surface area contributed by atoms with Crippen molar-refractivity contribution in [2.45, 2.75) is 19.4 Å². The number of aromatic amines is 1. The van der Waals surface area contributed by atoms with Gasteiger partial charge >= 0.3 is 0 Å². The molecule has 6 nitrogen and oxygen atoms in total. The molecule has 124 valence electrons. The number of amides is 1. The van der Waals surface area contributed by atoms with Gasteiger partial charge in [0.25, 0.3) is 5.91 Å². The fraction of sp³-hybridized carbons (Fsp3) is 0.235. The van der Waals surface area contributed by atoms with Crippen molar-refractivity contribution in [3.63, 3.8) is 0 Å². The number of nitrogens with one attached hydrogen (secondary N) is 2. The minimum absolute atomic E-state index is 0.0689. The van der Waals surface area contributed by atoms with Gasteiger partial charge in [-0.2, -0.15) is 5.10 Å². The van der Waals surface area contributed by atoms with Crippen molar-refractivity contribution in [1.29, 1.82) is 0 Å². The summed E-state index contributed by atoms with van der Waals surface area (Å²) in [7, 11) is 1.63. The number of rotatable bonds is 6. The topological polar surface area (TPSA) is 79.9 Å². The quantitative estimate of drug-likeness (QED) is 0.719. The molecule has 0 aliphatic rings. The Morgan fingerprint density at radius 2 is 2.29 bits per heavy atom. The van der Waals surface area contributed by atoms with Crippen molar-refractivity contribution >= 4 is 23.1 Å². The van der Waals surface area contributed by atoms with E-state index in [1.54, 1.807) is 13.3 Å². The monoisotopic (exact) mass is 342 g/mol. The van der Waals surface area contributed by atoms with E-state index in [0.29, 0.717) is 17.3 Å². The number of H-pyrrole nitrogens is 1. The number of hydrogen-bond donors (Lipinski definition) is 2. The van der Waals surface area contributed by atoms with Crippen molar-refractivity contribution in [3.8, 4) is 0 Å². The predicted octanol–water partition coefficient (Wildman–Crippen LogP) is 3.42. The molecule has 0 spiro atoms. The molecule has 0 radical (unpaired) electrons. The van der Waals surface area contributed by atoms with Crippen molar-refractivity contribution in [3.05, 3.63) is 63.7 Å². The number of hydrogen-bond acceptors (Lipinski definition) is 5. The fourth-order valence-corrected chi connectivity index (χ4v) is 3.12. The van der Waals surface area contributed by atoms with Gasteiger partial charge in [0.15, 0.2) is 5.82 Å². The van der Waals surface area contributed by atoms with Crippen LogP contribution in [0.3, 0.4) is 0 Å². The number of nitrogens with zero attached hydrogens (tertiary/aromatic N) is 2. The Balaban J connectivity index is 1.68. The van der Waals surface area contributed by atoms with Gasteiger partial charge in [0.1, 0.15) is 0 Å². The highest BCUT2D eigenvalue weighted by molar-refractivity contribution is 7.12. The van der Waals surface area contributed by atoms with E-state index in [0.717, 1.165) is 17.0 Å². The standard InChI is InChI=1S/C17H18N4O2S/c1-11(13-5-3-4-6-18-13)14-8-16(21-20-14)19-17(22)15-7-12(9-23-2)10-24-15/h3-8,10-11H,9H2,1-2H3,(H2,19,20,21,22). The van der Waals surface area contributed by atoms with E-state index in [2.05, 4.69) is 20.5 Å². The third kappa shape index (κ3) is 3.69. The second kappa shape index (κ2) is 7.37. The fourth-order valence-electron chi connectivity index (χ4n) is 2.33. The first-order valence-electron chi connectivity index (χ1n) is 7.51. The van der Waals surface area contributed by atoms with E-state index in [1.807, 2.05) is 42.6 Å². The Hall–Kier alpha value is -2.51. The smallest absolute Gasteiger partial charge is 0.266 e. The van der Waals surface area contributed by atoms with Gasteiger partial charge in [-0.05, 0) is 29.1 Å². The summed E-state index contributed by atoms with van der Waals surface area (Å²) in [6.45, 7) is 2.54. The zero-order valence-electron chi connectivity index (χ0n) is 13.4. The Labute approximate surface area is 143 Å². The Bertz CT molecular complexity index is 813. The highest BCUT2D eigenvalue weighted by atomic mass is 32.1.